The number of nitrogens with one attached hydrogen (secondary N) is 1. The van der Waals surface area contributed by atoms with Gasteiger partial charge in [0, 0.05) is 16.9 Å². The van der Waals surface area contributed by atoms with Gasteiger partial charge in [-0.3, -0.25) is 19.3 Å². The highest BCUT2D eigenvalue weighted by molar-refractivity contribution is 7.99. The predicted octanol–water partition coefficient (Wildman–Crippen LogP) is 3.89. The molecule has 4 rings (SSSR count). The molecule has 3 amide bonds. The molecule has 2 aromatic rings. The van der Waals surface area contributed by atoms with Crippen LogP contribution in [0.4, 0.5) is 0 Å². The maximum Gasteiger partial charge on any atom is 0.261 e. The summed E-state index contributed by atoms with van der Waals surface area (Å²) in [5.41, 5.74) is 2.31. The van der Waals surface area contributed by atoms with Crippen LogP contribution in [0.3, 0.4) is 0 Å². The van der Waals surface area contributed by atoms with E-state index in [0.717, 1.165) is 24.8 Å². The second-order valence-corrected chi connectivity index (χ2v) is 8.77. The molecule has 0 bridgehead atoms. The molecule has 2 atom stereocenters. The van der Waals surface area contributed by atoms with Crippen LogP contribution >= 0.6 is 11.8 Å². The average molecular weight is 409 g/mol. The quantitative estimate of drug-likeness (QED) is 0.763. The van der Waals surface area contributed by atoms with Gasteiger partial charge in [0.1, 0.15) is 0 Å². The van der Waals surface area contributed by atoms with Gasteiger partial charge in [-0.2, -0.15) is 11.8 Å². The fourth-order valence-electron chi connectivity index (χ4n) is 4.09. The minimum Gasteiger partial charge on any atom is -0.349 e. The Morgan fingerprint density at radius 1 is 1.03 bits per heavy atom. The molecule has 1 saturated carbocycles. The largest absolute Gasteiger partial charge is 0.349 e. The molecule has 150 valence electrons. The minimum absolute atomic E-state index is 0.0657. The molecule has 1 aliphatic carbocycles. The summed E-state index contributed by atoms with van der Waals surface area (Å²) in [5.74, 6) is -0.606. The number of benzene rings is 2. The highest BCUT2D eigenvalue weighted by Gasteiger charge is 2.34. The van der Waals surface area contributed by atoms with Crippen molar-refractivity contribution in [3.8, 4) is 0 Å². The van der Waals surface area contributed by atoms with Gasteiger partial charge in [-0.25, -0.2) is 0 Å². The van der Waals surface area contributed by atoms with Gasteiger partial charge in [0.25, 0.3) is 17.7 Å². The zero-order valence-corrected chi connectivity index (χ0v) is 17.2. The number of imide groups is 1. The first-order chi connectivity index (χ1) is 14.1. The van der Waals surface area contributed by atoms with Gasteiger partial charge in [0.15, 0.2) is 0 Å². The lowest BCUT2D eigenvalue weighted by molar-refractivity contribution is 0.0641. The molecule has 0 aromatic heterocycles. The number of hydrogen-bond acceptors (Lipinski definition) is 4. The Morgan fingerprint density at radius 3 is 2.31 bits per heavy atom. The van der Waals surface area contributed by atoms with Crippen LogP contribution in [-0.4, -0.2) is 40.2 Å². The molecule has 1 heterocycles. The Morgan fingerprint density at radius 2 is 1.69 bits per heavy atom. The topological polar surface area (TPSA) is 66.5 Å². The fourth-order valence-corrected chi connectivity index (χ4v) is 4.91. The third-order valence-corrected chi connectivity index (χ3v) is 6.82. The van der Waals surface area contributed by atoms with Crippen LogP contribution in [0.25, 0.3) is 0 Å². The maximum absolute atomic E-state index is 12.6. The normalized spacial score (nSPS) is 21.2. The minimum atomic E-state index is -0.270. The lowest BCUT2D eigenvalue weighted by Gasteiger charge is -2.28. The van der Waals surface area contributed by atoms with Gasteiger partial charge in [-0.15, -0.1) is 0 Å². The molecule has 2 aromatic carbocycles. The summed E-state index contributed by atoms with van der Waals surface area (Å²) < 4.78 is 0. The number of amides is 3. The van der Waals surface area contributed by atoms with Gasteiger partial charge in [-0.1, -0.05) is 30.7 Å². The van der Waals surface area contributed by atoms with Crippen molar-refractivity contribution in [2.75, 3.05) is 6.26 Å². The highest BCUT2D eigenvalue weighted by Crippen LogP contribution is 2.27. The van der Waals surface area contributed by atoms with E-state index >= 15 is 0 Å². The molecular formula is C23H24N2O3S. The standard InChI is InChI=1S/C23H24N2O3S/c1-29-18-6-4-5-17(13-18)24-21(26)16-11-9-15(10-12-16)14-25-22(27)19-7-2-3-8-20(19)23(25)28/h2-3,7-12,17-18H,4-6,13-14H2,1H3,(H,24,26). The molecule has 2 aliphatic rings. The first-order valence-corrected chi connectivity index (χ1v) is 11.2. The maximum atomic E-state index is 12.6. The Hall–Kier alpha value is -2.60. The molecule has 1 fully saturated rings. The van der Waals surface area contributed by atoms with Crippen molar-refractivity contribution in [3.63, 3.8) is 0 Å². The van der Waals surface area contributed by atoms with Gasteiger partial charge in [0.2, 0.25) is 0 Å². The van der Waals surface area contributed by atoms with Crippen LogP contribution in [0, 0.1) is 0 Å². The van der Waals surface area contributed by atoms with Gasteiger partial charge < -0.3 is 5.32 Å². The second kappa shape index (κ2) is 8.41. The summed E-state index contributed by atoms with van der Waals surface area (Å²) >= 11 is 1.87. The molecule has 5 nitrogen and oxygen atoms in total. The van der Waals surface area contributed by atoms with Crippen LogP contribution in [0.2, 0.25) is 0 Å². The van der Waals surface area contributed by atoms with Crippen molar-refractivity contribution >= 4 is 29.5 Å². The molecule has 29 heavy (non-hydrogen) atoms. The summed E-state index contributed by atoms with van der Waals surface area (Å²) in [5, 5.41) is 3.77. The van der Waals surface area contributed by atoms with E-state index in [1.165, 1.54) is 11.3 Å². The molecule has 0 saturated heterocycles. The van der Waals surface area contributed by atoms with E-state index in [4.69, 9.17) is 0 Å². The van der Waals surface area contributed by atoms with Crippen LogP contribution in [0.1, 0.15) is 62.3 Å². The number of thioether (sulfide) groups is 1. The summed E-state index contributed by atoms with van der Waals surface area (Å²) in [6, 6.07) is 14.2. The average Bonchev–Trinajstić information content (AvgIpc) is 2.99. The number of nitrogens with zero attached hydrogens (tertiary/aromatic N) is 1. The summed E-state index contributed by atoms with van der Waals surface area (Å²) in [6.45, 7) is 0.201. The van der Waals surface area contributed by atoms with E-state index < -0.39 is 0 Å². The third kappa shape index (κ3) is 4.08. The molecule has 2 unspecified atom stereocenters. The fraction of sp³-hybridized carbons (Fsp3) is 0.348. The van der Waals surface area contributed by atoms with E-state index in [9.17, 15) is 14.4 Å². The zero-order valence-electron chi connectivity index (χ0n) is 16.4. The van der Waals surface area contributed by atoms with Crippen molar-refractivity contribution in [2.24, 2.45) is 0 Å². The van der Waals surface area contributed by atoms with Crippen LogP contribution in [-0.2, 0) is 6.54 Å². The van der Waals surface area contributed by atoms with Gasteiger partial charge >= 0.3 is 0 Å². The number of rotatable bonds is 5. The van der Waals surface area contributed by atoms with Crippen molar-refractivity contribution in [1.29, 1.82) is 0 Å². The number of carbonyl (C=O) groups is 3. The number of hydrogen-bond donors (Lipinski definition) is 1. The Labute approximate surface area is 174 Å². The van der Waals surface area contributed by atoms with Crippen LogP contribution in [0.15, 0.2) is 48.5 Å². The molecule has 6 heteroatoms. The summed E-state index contributed by atoms with van der Waals surface area (Å²) in [4.78, 5) is 38.8. The Balaban J connectivity index is 1.39. The SMILES string of the molecule is CSC1CCCC(NC(=O)c2ccc(CN3C(=O)c4ccccc4C3=O)cc2)C1. The molecular weight excluding hydrogens is 384 g/mol. The summed E-state index contributed by atoms with van der Waals surface area (Å²) in [7, 11) is 0. The van der Waals surface area contributed by atoms with Crippen molar-refractivity contribution in [2.45, 2.75) is 43.5 Å². The summed E-state index contributed by atoms with van der Waals surface area (Å²) in [6.07, 6.45) is 6.54. The molecule has 1 aliphatic heterocycles. The first kappa shape index (κ1) is 19.7. The predicted molar refractivity (Wildman–Crippen MR) is 114 cm³/mol. The smallest absolute Gasteiger partial charge is 0.261 e. The second-order valence-electron chi connectivity index (χ2n) is 7.63. The third-order valence-electron chi connectivity index (χ3n) is 5.73. The van der Waals surface area contributed by atoms with Gasteiger partial charge in [-0.05, 0) is 55.3 Å². The van der Waals surface area contributed by atoms with Crippen LogP contribution in [0.5, 0.6) is 0 Å². The lowest BCUT2D eigenvalue weighted by Crippen LogP contribution is -2.39. The Bertz CT molecular complexity index is 906. The molecule has 0 radical (unpaired) electrons. The van der Waals surface area contributed by atoms with E-state index in [0.29, 0.717) is 21.9 Å². The van der Waals surface area contributed by atoms with Crippen LogP contribution < -0.4 is 5.32 Å². The highest BCUT2D eigenvalue weighted by atomic mass is 32.2. The van der Waals surface area contributed by atoms with E-state index in [1.54, 1.807) is 36.4 Å². The molecule has 0 spiro atoms. The van der Waals surface area contributed by atoms with E-state index in [2.05, 4.69) is 11.6 Å². The van der Waals surface area contributed by atoms with Gasteiger partial charge in [0.05, 0.1) is 17.7 Å². The van der Waals surface area contributed by atoms with E-state index in [1.807, 2.05) is 23.9 Å². The molecule has 1 N–H and O–H groups in total. The van der Waals surface area contributed by atoms with Crippen molar-refractivity contribution in [1.82, 2.24) is 10.2 Å². The Kier molecular flexibility index (Phi) is 5.72. The first-order valence-electron chi connectivity index (χ1n) is 9.94. The van der Waals surface area contributed by atoms with E-state index in [-0.39, 0.29) is 30.3 Å². The van der Waals surface area contributed by atoms with Crippen molar-refractivity contribution < 1.29 is 14.4 Å². The van der Waals surface area contributed by atoms with Crippen molar-refractivity contribution in [3.05, 3.63) is 70.8 Å². The monoisotopic (exact) mass is 408 g/mol. The number of carbonyl (C=O) groups excluding carboxylic acids is 3. The lowest BCUT2D eigenvalue weighted by atomic mass is 9.94. The zero-order chi connectivity index (χ0) is 20.4. The number of fused-ring (bicyclic) bond motifs is 1.